The van der Waals surface area contributed by atoms with Crippen LogP contribution in [0.2, 0.25) is 0 Å². The van der Waals surface area contributed by atoms with Crippen LogP contribution in [0.15, 0.2) is 42.5 Å². The van der Waals surface area contributed by atoms with Gasteiger partial charge in [-0.25, -0.2) is 9.07 Å². The van der Waals surface area contributed by atoms with Crippen LogP contribution in [0.25, 0.3) is 11.4 Å². The number of piperazine rings is 1. The first-order valence-corrected chi connectivity index (χ1v) is 10.9. The molecule has 1 aromatic heterocycles. The summed E-state index contributed by atoms with van der Waals surface area (Å²) < 4.78 is 16.9. The molecule has 1 aliphatic heterocycles. The lowest BCUT2D eigenvalue weighted by atomic mass is 10.1. The number of aromatic amines is 1. The zero-order valence-electron chi connectivity index (χ0n) is 17.8. The number of Topliss-reactive ketones (excluding diaryl/α,β-unsaturated/α-hetero) is 1. The quantitative estimate of drug-likeness (QED) is 0.459. The van der Waals surface area contributed by atoms with E-state index in [-0.39, 0.29) is 11.6 Å². The molecule has 6 nitrogen and oxygen atoms in total. The number of aromatic nitrogens is 3. The van der Waals surface area contributed by atoms with Crippen molar-refractivity contribution in [1.82, 2.24) is 19.7 Å². The third-order valence-electron chi connectivity index (χ3n) is 5.72. The van der Waals surface area contributed by atoms with E-state index in [1.165, 1.54) is 18.6 Å². The molecule has 1 saturated heterocycles. The molecule has 1 N–H and O–H groups in total. The Balaban J connectivity index is 1.39. The molecule has 0 bridgehead atoms. The summed E-state index contributed by atoms with van der Waals surface area (Å²) in [6, 6.07) is 13.0. The van der Waals surface area contributed by atoms with Crippen molar-refractivity contribution >= 4 is 23.7 Å². The molecule has 0 atom stereocenters. The third kappa shape index (κ3) is 4.75. The van der Waals surface area contributed by atoms with Gasteiger partial charge in [0.25, 0.3) is 0 Å². The van der Waals surface area contributed by atoms with Gasteiger partial charge < -0.3 is 4.90 Å². The summed E-state index contributed by atoms with van der Waals surface area (Å²) in [7, 11) is 0. The Hall–Kier alpha value is -2.84. The van der Waals surface area contributed by atoms with Crippen LogP contribution in [0.4, 0.5) is 10.1 Å². The van der Waals surface area contributed by atoms with Gasteiger partial charge >= 0.3 is 0 Å². The van der Waals surface area contributed by atoms with E-state index in [9.17, 15) is 9.18 Å². The lowest BCUT2D eigenvalue weighted by molar-refractivity contribution is 0.101. The number of hydrogen-bond acceptors (Lipinski definition) is 5. The van der Waals surface area contributed by atoms with E-state index in [1.54, 1.807) is 12.1 Å². The Kier molecular flexibility index (Phi) is 6.29. The van der Waals surface area contributed by atoms with E-state index in [0.717, 1.165) is 30.9 Å². The SMILES string of the molecule is CCc1ccc(-c2nc(=S)n(CN3CCN(c4ccc(C(C)=O)cc4F)CC3)[nH]2)cc1. The largest absolute Gasteiger partial charge is 0.367 e. The van der Waals surface area contributed by atoms with Crippen molar-refractivity contribution < 1.29 is 9.18 Å². The standard InChI is InChI=1S/C23H26FN5OS/c1-3-17-4-6-18(7-5-17)22-25-23(31)29(26-22)15-27-10-12-28(13-11-27)21-9-8-19(16(2)30)14-20(21)24/h4-9,14H,3,10-13,15H2,1-2H3,(H,25,26,31). The first-order chi connectivity index (χ1) is 14.9. The van der Waals surface area contributed by atoms with Gasteiger partial charge in [-0.1, -0.05) is 31.2 Å². The van der Waals surface area contributed by atoms with Crippen molar-refractivity contribution in [3.63, 3.8) is 0 Å². The zero-order chi connectivity index (χ0) is 22.0. The molecule has 0 aliphatic carbocycles. The average molecular weight is 440 g/mol. The number of aryl methyl sites for hydroxylation is 1. The number of H-pyrrole nitrogens is 1. The molecule has 0 radical (unpaired) electrons. The highest BCUT2D eigenvalue weighted by Gasteiger charge is 2.21. The summed E-state index contributed by atoms with van der Waals surface area (Å²) in [4.78, 5) is 20.2. The van der Waals surface area contributed by atoms with Crippen molar-refractivity contribution in [1.29, 1.82) is 0 Å². The van der Waals surface area contributed by atoms with Gasteiger partial charge in [-0.2, -0.15) is 4.98 Å². The summed E-state index contributed by atoms with van der Waals surface area (Å²) in [5, 5.41) is 3.31. The number of halogens is 1. The van der Waals surface area contributed by atoms with Crippen molar-refractivity contribution in [2.75, 3.05) is 31.1 Å². The fraction of sp³-hybridized carbons (Fsp3) is 0.348. The maximum Gasteiger partial charge on any atom is 0.217 e. The number of nitrogens with zero attached hydrogens (tertiary/aromatic N) is 4. The summed E-state index contributed by atoms with van der Waals surface area (Å²) in [5.41, 5.74) is 3.23. The number of benzene rings is 2. The number of hydrogen-bond donors (Lipinski definition) is 1. The second kappa shape index (κ2) is 9.11. The van der Waals surface area contributed by atoms with Crippen LogP contribution in [0.1, 0.15) is 29.8 Å². The van der Waals surface area contributed by atoms with E-state index in [1.807, 2.05) is 9.58 Å². The summed E-state index contributed by atoms with van der Waals surface area (Å²) in [6.07, 6.45) is 1.00. The smallest absolute Gasteiger partial charge is 0.217 e. The fourth-order valence-corrected chi connectivity index (χ4v) is 3.99. The molecule has 1 fully saturated rings. The number of nitrogens with one attached hydrogen (secondary N) is 1. The van der Waals surface area contributed by atoms with Gasteiger partial charge in [0, 0.05) is 37.3 Å². The summed E-state index contributed by atoms with van der Waals surface area (Å²) in [5.74, 6) is 0.279. The van der Waals surface area contributed by atoms with Gasteiger partial charge in [0.15, 0.2) is 11.6 Å². The summed E-state index contributed by atoms with van der Waals surface area (Å²) in [6.45, 7) is 7.13. The van der Waals surface area contributed by atoms with Crippen molar-refractivity contribution in [3.05, 3.63) is 64.2 Å². The first-order valence-electron chi connectivity index (χ1n) is 10.5. The molecule has 8 heteroatoms. The average Bonchev–Trinajstić information content (AvgIpc) is 3.14. The minimum absolute atomic E-state index is 0.132. The number of carbonyl (C=O) groups excluding carboxylic acids is 1. The van der Waals surface area contributed by atoms with Crippen LogP contribution in [0.5, 0.6) is 0 Å². The third-order valence-corrected chi connectivity index (χ3v) is 6.04. The molecular formula is C23H26FN5OS. The Morgan fingerprint density at radius 3 is 2.45 bits per heavy atom. The van der Waals surface area contributed by atoms with Crippen LogP contribution < -0.4 is 4.90 Å². The normalized spacial score (nSPS) is 14.7. The molecule has 4 rings (SSSR count). The van der Waals surface area contributed by atoms with Crippen LogP contribution in [0.3, 0.4) is 0 Å². The minimum Gasteiger partial charge on any atom is -0.367 e. The van der Waals surface area contributed by atoms with E-state index < -0.39 is 0 Å². The van der Waals surface area contributed by atoms with Gasteiger partial charge in [0.2, 0.25) is 4.77 Å². The molecule has 0 amide bonds. The van der Waals surface area contributed by atoms with E-state index in [4.69, 9.17) is 12.2 Å². The van der Waals surface area contributed by atoms with Crippen LogP contribution in [-0.4, -0.2) is 51.6 Å². The van der Waals surface area contributed by atoms with Crippen LogP contribution in [-0.2, 0) is 13.1 Å². The van der Waals surface area contributed by atoms with Gasteiger partial charge in [-0.15, -0.1) is 0 Å². The van der Waals surface area contributed by atoms with Gasteiger partial charge in [0.1, 0.15) is 5.82 Å². The van der Waals surface area contributed by atoms with Crippen LogP contribution in [0, 0.1) is 10.6 Å². The molecule has 2 heterocycles. The van der Waals surface area contributed by atoms with Crippen molar-refractivity contribution in [2.45, 2.75) is 26.9 Å². The van der Waals surface area contributed by atoms with Crippen LogP contribution >= 0.6 is 12.2 Å². The van der Waals surface area contributed by atoms with E-state index in [0.29, 0.717) is 35.8 Å². The Morgan fingerprint density at radius 2 is 1.84 bits per heavy atom. The highest BCUT2D eigenvalue weighted by Crippen LogP contribution is 2.23. The lowest BCUT2D eigenvalue weighted by Crippen LogP contribution is -2.47. The monoisotopic (exact) mass is 439 g/mol. The van der Waals surface area contributed by atoms with Crippen molar-refractivity contribution in [3.8, 4) is 11.4 Å². The highest BCUT2D eigenvalue weighted by atomic mass is 32.1. The number of carbonyl (C=O) groups is 1. The molecule has 162 valence electrons. The van der Waals surface area contributed by atoms with E-state index in [2.05, 4.69) is 46.2 Å². The lowest BCUT2D eigenvalue weighted by Gasteiger charge is -2.36. The predicted octanol–water partition coefficient (Wildman–Crippen LogP) is 4.29. The molecular weight excluding hydrogens is 413 g/mol. The number of rotatable bonds is 6. The Morgan fingerprint density at radius 1 is 1.13 bits per heavy atom. The number of ketones is 1. The maximum atomic E-state index is 14.5. The maximum absolute atomic E-state index is 14.5. The fourth-order valence-electron chi connectivity index (χ4n) is 3.79. The molecule has 0 spiro atoms. The molecule has 1 aliphatic rings. The predicted molar refractivity (Wildman–Crippen MR) is 122 cm³/mol. The molecule has 31 heavy (non-hydrogen) atoms. The molecule has 0 saturated carbocycles. The van der Waals surface area contributed by atoms with Gasteiger partial charge in [-0.05, 0) is 49.3 Å². The number of anilines is 1. The van der Waals surface area contributed by atoms with Gasteiger partial charge in [-0.3, -0.25) is 14.8 Å². The molecule has 3 aromatic rings. The van der Waals surface area contributed by atoms with Crippen molar-refractivity contribution in [2.24, 2.45) is 0 Å². The zero-order valence-corrected chi connectivity index (χ0v) is 18.6. The highest BCUT2D eigenvalue weighted by molar-refractivity contribution is 7.71. The molecule has 0 unspecified atom stereocenters. The van der Waals surface area contributed by atoms with Gasteiger partial charge in [0.05, 0.1) is 12.4 Å². The second-order valence-electron chi connectivity index (χ2n) is 7.80. The van der Waals surface area contributed by atoms with E-state index >= 15 is 0 Å². The summed E-state index contributed by atoms with van der Waals surface area (Å²) >= 11 is 5.45. The first kappa shape index (κ1) is 21.4. The topological polar surface area (TPSA) is 57.2 Å². The Bertz CT molecular complexity index is 1130. The second-order valence-corrected chi connectivity index (χ2v) is 8.17. The minimum atomic E-state index is -0.351. The Labute approximate surface area is 186 Å². The molecule has 2 aromatic carbocycles.